The Kier molecular flexibility index (Phi) is 6.76. The lowest BCUT2D eigenvalue weighted by Crippen LogP contribution is -2.39. The number of likely N-dealkylation sites (N-methyl/N-ethyl adjacent to an activating group) is 1. The van der Waals surface area contributed by atoms with Crippen molar-refractivity contribution in [3.63, 3.8) is 0 Å². The van der Waals surface area contributed by atoms with E-state index in [1.807, 2.05) is 25.1 Å². The molecule has 0 spiro atoms. The molecule has 1 aromatic heterocycles. The van der Waals surface area contributed by atoms with Crippen LogP contribution in [0.1, 0.15) is 31.2 Å². The van der Waals surface area contributed by atoms with Gasteiger partial charge in [-0.3, -0.25) is 4.79 Å². The average Bonchev–Trinajstić information content (AvgIpc) is 2.57. The Hall–Kier alpha value is -2.39. The second kappa shape index (κ2) is 9.04. The Bertz CT molecular complexity index is 614. The zero-order valence-corrected chi connectivity index (χ0v) is 14.2. The number of nitrogens with zero attached hydrogens (tertiary/aromatic N) is 3. The molecule has 6 heteroatoms. The summed E-state index contributed by atoms with van der Waals surface area (Å²) in [6, 6.07) is 5.70. The first-order valence-corrected chi connectivity index (χ1v) is 8.22. The molecule has 1 aliphatic carbocycles. The number of aromatic nitrogens is 1. The number of nitrogens with one attached hydrogen (secondary N) is 1. The number of carbonyl (C=O) groups is 1. The summed E-state index contributed by atoms with van der Waals surface area (Å²) in [4.78, 5) is 18.0. The van der Waals surface area contributed by atoms with Crippen LogP contribution < -0.4 is 10.1 Å². The molecule has 0 aliphatic heterocycles. The molecule has 0 saturated heterocycles. The Morgan fingerprint density at radius 2 is 2.21 bits per heavy atom. The van der Waals surface area contributed by atoms with Gasteiger partial charge < -0.3 is 15.0 Å². The van der Waals surface area contributed by atoms with Crippen molar-refractivity contribution in [2.24, 2.45) is 0 Å². The van der Waals surface area contributed by atoms with Crippen LogP contribution in [0.25, 0.3) is 0 Å². The van der Waals surface area contributed by atoms with Gasteiger partial charge in [-0.05, 0) is 51.9 Å². The van der Waals surface area contributed by atoms with Gasteiger partial charge in [0.15, 0.2) is 0 Å². The molecule has 1 amide bonds. The molecule has 1 N–H and O–H groups in total. The first-order chi connectivity index (χ1) is 11.6. The summed E-state index contributed by atoms with van der Waals surface area (Å²) in [5.74, 6) is 0.358. The number of ether oxygens (including phenoxy) is 1. The highest BCUT2D eigenvalue weighted by molar-refractivity contribution is 5.87. The predicted octanol–water partition coefficient (Wildman–Crippen LogP) is 1.88. The predicted molar refractivity (Wildman–Crippen MR) is 91.5 cm³/mol. The second-order valence-corrected chi connectivity index (χ2v) is 6.23. The minimum atomic E-state index is -0.0438. The maximum atomic E-state index is 11.9. The minimum absolute atomic E-state index is 0.0438. The number of rotatable bonds is 6. The van der Waals surface area contributed by atoms with Gasteiger partial charge in [0.25, 0.3) is 0 Å². The molecule has 2 rings (SSSR count). The van der Waals surface area contributed by atoms with Gasteiger partial charge in [0.2, 0.25) is 11.8 Å². The van der Waals surface area contributed by atoms with Gasteiger partial charge in [0.1, 0.15) is 17.7 Å². The second-order valence-electron chi connectivity index (χ2n) is 6.23. The summed E-state index contributed by atoms with van der Waals surface area (Å²) in [5.41, 5.74) is 0.457. The van der Waals surface area contributed by atoms with Crippen molar-refractivity contribution < 1.29 is 9.53 Å². The van der Waals surface area contributed by atoms with Crippen molar-refractivity contribution in [2.75, 3.05) is 20.6 Å². The lowest BCUT2D eigenvalue weighted by molar-refractivity contribution is -0.117. The van der Waals surface area contributed by atoms with Crippen molar-refractivity contribution in [3.05, 3.63) is 36.0 Å². The average molecular weight is 328 g/mol. The molecule has 1 aliphatic rings. The fourth-order valence-electron chi connectivity index (χ4n) is 2.67. The van der Waals surface area contributed by atoms with Gasteiger partial charge in [-0.25, -0.2) is 4.98 Å². The van der Waals surface area contributed by atoms with E-state index in [0.717, 1.165) is 32.2 Å². The number of pyridine rings is 1. The molecule has 1 saturated carbocycles. The molecule has 1 aromatic rings. The van der Waals surface area contributed by atoms with Crippen LogP contribution in [0.4, 0.5) is 0 Å². The summed E-state index contributed by atoms with van der Waals surface area (Å²) in [7, 11) is 3.92. The molecule has 0 aromatic carbocycles. The third-order valence-corrected chi connectivity index (χ3v) is 3.93. The summed E-state index contributed by atoms with van der Waals surface area (Å²) < 4.78 is 5.86. The van der Waals surface area contributed by atoms with Crippen LogP contribution in [-0.2, 0) is 4.79 Å². The van der Waals surface area contributed by atoms with E-state index in [0.29, 0.717) is 11.4 Å². The van der Waals surface area contributed by atoms with Crippen LogP contribution in [0.15, 0.2) is 30.5 Å². The topological polar surface area (TPSA) is 78.2 Å². The van der Waals surface area contributed by atoms with Gasteiger partial charge in [-0.15, -0.1) is 0 Å². The van der Waals surface area contributed by atoms with Gasteiger partial charge in [0, 0.05) is 24.9 Å². The quantitative estimate of drug-likeness (QED) is 0.807. The molecule has 24 heavy (non-hydrogen) atoms. The Balaban J connectivity index is 1.76. The monoisotopic (exact) mass is 328 g/mol. The molecular weight excluding hydrogens is 304 g/mol. The highest BCUT2D eigenvalue weighted by atomic mass is 16.5. The maximum absolute atomic E-state index is 11.9. The number of carbonyl (C=O) groups excluding carboxylic acids is 1. The molecule has 0 atom stereocenters. The van der Waals surface area contributed by atoms with Crippen LogP contribution >= 0.6 is 0 Å². The summed E-state index contributed by atoms with van der Waals surface area (Å²) in [5, 5.41) is 12.1. The molecule has 6 nitrogen and oxygen atoms in total. The third-order valence-electron chi connectivity index (χ3n) is 3.93. The highest BCUT2D eigenvalue weighted by Gasteiger charge is 2.24. The Morgan fingerprint density at radius 1 is 1.46 bits per heavy atom. The smallest absolute Gasteiger partial charge is 0.243 e. The van der Waals surface area contributed by atoms with Crippen molar-refractivity contribution >= 4 is 5.91 Å². The SMILES string of the molecule is CN(C)C/C=C/C(=O)NC1CCC(Oc2ncccc2C#N)CC1. The largest absolute Gasteiger partial charge is 0.473 e. The van der Waals surface area contributed by atoms with Crippen LogP contribution in [-0.4, -0.2) is 48.6 Å². The van der Waals surface area contributed by atoms with Crippen molar-refractivity contribution in [1.82, 2.24) is 15.2 Å². The third kappa shape index (κ3) is 5.67. The number of hydrogen-bond acceptors (Lipinski definition) is 5. The molecular formula is C18H24N4O2. The lowest BCUT2D eigenvalue weighted by atomic mass is 9.93. The van der Waals surface area contributed by atoms with E-state index in [9.17, 15) is 4.79 Å². The maximum Gasteiger partial charge on any atom is 0.243 e. The lowest BCUT2D eigenvalue weighted by Gasteiger charge is -2.29. The van der Waals surface area contributed by atoms with Crippen LogP contribution in [0, 0.1) is 11.3 Å². The van der Waals surface area contributed by atoms with E-state index < -0.39 is 0 Å². The van der Waals surface area contributed by atoms with E-state index in [-0.39, 0.29) is 18.1 Å². The van der Waals surface area contributed by atoms with Gasteiger partial charge in [0.05, 0.1) is 0 Å². The van der Waals surface area contributed by atoms with Gasteiger partial charge in [-0.2, -0.15) is 5.26 Å². The molecule has 1 fully saturated rings. The zero-order valence-electron chi connectivity index (χ0n) is 14.2. The summed E-state index contributed by atoms with van der Waals surface area (Å²) in [6.07, 6.45) is 8.54. The fraction of sp³-hybridized carbons (Fsp3) is 0.500. The van der Waals surface area contributed by atoms with E-state index >= 15 is 0 Å². The summed E-state index contributed by atoms with van der Waals surface area (Å²) >= 11 is 0. The highest BCUT2D eigenvalue weighted by Crippen LogP contribution is 2.24. The number of nitriles is 1. The summed E-state index contributed by atoms with van der Waals surface area (Å²) in [6.45, 7) is 0.749. The molecule has 0 unspecified atom stereocenters. The minimum Gasteiger partial charge on any atom is -0.473 e. The van der Waals surface area contributed by atoms with E-state index in [4.69, 9.17) is 10.00 Å². The Labute approximate surface area is 143 Å². The first kappa shape index (κ1) is 18.0. The first-order valence-electron chi connectivity index (χ1n) is 8.22. The van der Waals surface area contributed by atoms with E-state index in [2.05, 4.69) is 16.4 Å². The zero-order chi connectivity index (χ0) is 17.4. The molecule has 128 valence electrons. The fourth-order valence-corrected chi connectivity index (χ4v) is 2.67. The van der Waals surface area contributed by atoms with Crippen molar-refractivity contribution in [3.8, 4) is 11.9 Å². The number of amides is 1. The Morgan fingerprint density at radius 3 is 2.88 bits per heavy atom. The van der Waals surface area contributed by atoms with E-state index in [1.165, 1.54) is 0 Å². The molecule has 0 radical (unpaired) electrons. The standard InChI is InChI=1S/C18H24N4O2/c1-22(2)12-4-6-17(23)21-15-7-9-16(10-8-15)24-18-14(13-19)5-3-11-20-18/h3-6,11,15-16H,7-10,12H2,1-2H3,(H,21,23)/b6-4+. The van der Waals surface area contributed by atoms with Crippen LogP contribution in [0.2, 0.25) is 0 Å². The molecule has 1 heterocycles. The van der Waals surface area contributed by atoms with Crippen LogP contribution in [0.5, 0.6) is 5.88 Å². The van der Waals surface area contributed by atoms with Crippen LogP contribution in [0.3, 0.4) is 0 Å². The van der Waals surface area contributed by atoms with E-state index in [1.54, 1.807) is 24.4 Å². The van der Waals surface area contributed by atoms with Gasteiger partial charge in [-0.1, -0.05) is 6.08 Å². The van der Waals surface area contributed by atoms with Gasteiger partial charge >= 0.3 is 0 Å². The van der Waals surface area contributed by atoms with Crippen molar-refractivity contribution in [2.45, 2.75) is 37.8 Å². The normalized spacial score (nSPS) is 20.8. The van der Waals surface area contributed by atoms with Crippen molar-refractivity contribution in [1.29, 1.82) is 5.26 Å². The number of hydrogen-bond donors (Lipinski definition) is 1. The molecule has 0 bridgehead atoms.